The predicted octanol–water partition coefficient (Wildman–Crippen LogP) is 4.67. The zero-order valence-electron chi connectivity index (χ0n) is 21.4. The van der Waals surface area contributed by atoms with Crippen LogP contribution in [0.25, 0.3) is 22.4 Å². The second-order valence-corrected chi connectivity index (χ2v) is 10.3. The summed E-state index contributed by atoms with van der Waals surface area (Å²) in [7, 11) is 0. The molecule has 0 spiro atoms. The lowest BCUT2D eigenvalue weighted by molar-refractivity contribution is 0.128. The summed E-state index contributed by atoms with van der Waals surface area (Å²) in [6.45, 7) is 14.8. The van der Waals surface area contributed by atoms with Gasteiger partial charge in [0.2, 0.25) is 11.9 Å². The van der Waals surface area contributed by atoms with E-state index in [4.69, 9.17) is 0 Å². The molecule has 4 aromatic heterocycles. The summed E-state index contributed by atoms with van der Waals surface area (Å²) in [6.07, 6.45) is 5.13. The number of aromatic nitrogens is 6. The molecule has 1 saturated heterocycles. The van der Waals surface area contributed by atoms with Gasteiger partial charge >= 0.3 is 0 Å². The number of imidazole rings is 1. The highest BCUT2D eigenvalue weighted by molar-refractivity contribution is 5.79. The fourth-order valence-corrected chi connectivity index (χ4v) is 4.49. The molecule has 0 saturated carbocycles. The van der Waals surface area contributed by atoms with Gasteiger partial charge in [0, 0.05) is 44.0 Å². The summed E-state index contributed by atoms with van der Waals surface area (Å²) in [5.41, 5.74) is 3.15. The molecule has 0 amide bonds. The van der Waals surface area contributed by atoms with Gasteiger partial charge in [-0.1, -0.05) is 0 Å². The first-order chi connectivity index (χ1) is 17.2. The average molecular weight is 490 g/mol. The van der Waals surface area contributed by atoms with Crippen molar-refractivity contribution < 1.29 is 4.39 Å². The van der Waals surface area contributed by atoms with Gasteiger partial charge in [-0.3, -0.25) is 4.90 Å². The maximum atomic E-state index is 14.7. The molecule has 1 aliphatic rings. The van der Waals surface area contributed by atoms with Crippen LogP contribution < -0.4 is 10.2 Å². The number of hydrogen-bond donors (Lipinski definition) is 1. The molecule has 0 bridgehead atoms. The van der Waals surface area contributed by atoms with Gasteiger partial charge in [-0.2, -0.15) is 4.39 Å². The number of hydrogen-bond acceptors (Lipinski definition) is 8. The minimum atomic E-state index is -0.615. The molecule has 4 aromatic rings. The zero-order valence-corrected chi connectivity index (χ0v) is 21.4. The van der Waals surface area contributed by atoms with Crippen molar-refractivity contribution in [2.24, 2.45) is 0 Å². The Hall–Kier alpha value is -3.66. The van der Waals surface area contributed by atoms with Crippen molar-refractivity contribution in [3.63, 3.8) is 0 Å². The number of nitrogens with one attached hydrogen (secondary N) is 1. The summed E-state index contributed by atoms with van der Waals surface area (Å²) in [6, 6.07) is 7.65. The van der Waals surface area contributed by atoms with E-state index in [9.17, 15) is 4.39 Å². The molecular weight excluding hydrogens is 457 g/mol. The van der Waals surface area contributed by atoms with E-state index in [0.29, 0.717) is 28.7 Å². The predicted molar refractivity (Wildman–Crippen MR) is 140 cm³/mol. The third kappa shape index (κ3) is 4.86. The summed E-state index contributed by atoms with van der Waals surface area (Å²) in [4.78, 5) is 26.5. The molecule has 9 nitrogen and oxygen atoms in total. The molecule has 0 unspecified atom stereocenters. The van der Waals surface area contributed by atoms with E-state index < -0.39 is 5.95 Å². The Morgan fingerprint density at radius 1 is 0.944 bits per heavy atom. The molecule has 5 rings (SSSR count). The van der Waals surface area contributed by atoms with Gasteiger partial charge in [0.15, 0.2) is 0 Å². The molecule has 0 aromatic carbocycles. The minimum Gasteiger partial charge on any atom is -0.368 e. The van der Waals surface area contributed by atoms with Gasteiger partial charge in [0.25, 0.3) is 0 Å². The Bertz CT molecular complexity index is 1350. The largest absolute Gasteiger partial charge is 0.368 e. The number of pyridine rings is 2. The van der Waals surface area contributed by atoms with Crippen molar-refractivity contribution >= 4 is 28.5 Å². The van der Waals surface area contributed by atoms with Gasteiger partial charge in [0.1, 0.15) is 11.3 Å². The summed E-state index contributed by atoms with van der Waals surface area (Å²) < 4.78 is 16.6. The Kier molecular flexibility index (Phi) is 6.29. The van der Waals surface area contributed by atoms with Crippen LogP contribution in [0.5, 0.6) is 0 Å². The van der Waals surface area contributed by atoms with Crippen molar-refractivity contribution in [3.8, 4) is 11.4 Å². The highest BCUT2D eigenvalue weighted by Gasteiger charge is 2.26. The second kappa shape index (κ2) is 9.42. The number of anilines is 3. The smallest absolute Gasteiger partial charge is 0.241 e. The maximum absolute atomic E-state index is 14.7. The van der Waals surface area contributed by atoms with Crippen LogP contribution in [0.4, 0.5) is 21.8 Å². The molecule has 0 atom stereocenters. The third-order valence-electron chi connectivity index (χ3n) is 6.58. The second-order valence-electron chi connectivity index (χ2n) is 10.3. The normalized spacial score (nSPS) is 15.1. The quantitative estimate of drug-likeness (QED) is 0.405. The summed E-state index contributed by atoms with van der Waals surface area (Å²) >= 11 is 0. The Labute approximate surface area is 210 Å². The standard InChI is InChI=1S/C26H32FN9/c1-17(2)36-16-30-23-21(36)14-20(31-24(23)27)19-8-9-28-25(32-19)33-22-7-6-18(15-29-22)34-10-12-35(13-11-34)26(3,4)5/h6-9,14-17H,10-13H2,1-5H3,(H,28,29,32,33). The fourth-order valence-electron chi connectivity index (χ4n) is 4.49. The summed E-state index contributed by atoms with van der Waals surface area (Å²) in [5, 5.41) is 3.15. The van der Waals surface area contributed by atoms with Crippen LogP contribution in [0.2, 0.25) is 0 Å². The van der Waals surface area contributed by atoms with Gasteiger partial charge in [-0.25, -0.2) is 24.9 Å². The molecule has 36 heavy (non-hydrogen) atoms. The van der Waals surface area contributed by atoms with Crippen molar-refractivity contribution in [2.45, 2.75) is 46.2 Å². The highest BCUT2D eigenvalue weighted by atomic mass is 19.1. The monoisotopic (exact) mass is 489 g/mol. The number of fused-ring (bicyclic) bond motifs is 1. The van der Waals surface area contributed by atoms with Crippen LogP contribution >= 0.6 is 0 Å². The number of halogens is 1. The molecule has 1 fully saturated rings. The first-order valence-electron chi connectivity index (χ1n) is 12.3. The fraction of sp³-hybridized carbons (Fsp3) is 0.423. The van der Waals surface area contributed by atoms with Gasteiger partial charge < -0.3 is 14.8 Å². The molecule has 0 radical (unpaired) electrons. The Morgan fingerprint density at radius 3 is 2.39 bits per heavy atom. The number of nitrogens with zero attached hydrogens (tertiary/aromatic N) is 8. The van der Waals surface area contributed by atoms with Crippen LogP contribution in [0.1, 0.15) is 40.7 Å². The minimum absolute atomic E-state index is 0.142. The topological polar surface area (TPSA) is 87.9 Å². The molecule has 1 N–H and O–H groups in total. The van der Waals surface area contributed by atoms with E-state index in [1.165, 1.54) is 0 Å². The van der Waals surface area contributed by atoms with Crippen molar-refractivity contribution in [3.05, 3.63) is 48.9 Å². The summed E-state index contributed by atoms with van der Waals surface area (Å²) in [5.74, 6) is 0.388. The van der Waals surface area contributed by atoms with E-state index >= 15 is 0 Å². The number of piperazine rings is 1. The SMILES string of the molecule is CC(C)n1cnc2c(F)nc(-c3ccnc(Nc4ccc(N5CCN(C(C)(C)C)CC5)cn4)n3)cc21. The molecule has 1 aliphatic heterocycles. The highest BCUT2D eigenvalue weighted by Crippen LogP contribution is 2.26. The number of rotatable bonds is 5. The van der Waals surface area contributed by atoms with Gasteiger partial charge in [-0.05, 0) is 58.9 Å². The average Bonchev–Trinajstić information content (AvgIpc) is 3.29. The third-order valence-corrected chi connectivity index (χ3v) is 6.58. The van der Waals surface area contributed by atoms with E-state index in [1.807, 2.05) is 36.7 Å². The lowest BCUT2D eigenvalue weighted by Crippen LogP contribution is -2.53. The first-order valence-corrected chi connectivity index (χ1v) is 12.3. The lowest BCUT2D eigenvalue weighted by Gasteiger charge is -2.42. The van der Waals surface area contributed by atoms with Gasteiger partial charge in [0.05, 0.1) is 35.1 Å². The van der Waals surface area contributed by atoms with Crippen LogP contribution in [0.15, 0.2) is 43.0 Å². The maximum Gasteiger partial charge on any atom is 0.241 e. The molecular formula is C26H32FN9. The van der Waals surface area contributed by atoms with Crippen LogP contribution in [-0.2, 0) is 0 Å². The van der Waals surface area contributed by atoms with Crippen molar-refractivity contribution in [1.82, 2.24) is 34.4 Å². The van der Waals surface area contributed by atoms with Crippen molar-refractivity contribution in [1.29, 1.82) is 0 Å². The van der Waals surface area contributed by atoms with E-state index in [2.05, 4.69) is 66.9 Å². The molecule has 5 heterocycles. The van der Waals surface area contributed by atoms with Crippen LogP contribution in [0, 0.1) is 5.95 Å². The molecule has 0 aliphatic carbocycles. The Balaban J connectivity index is 1.31. The van der Waals surface area contributed by atoms with Crippen LogP contribution in [-0.4, -0.2) is 66.1 Å². The van der Waals surface area contributed by atoms with Crippen LogP contribution in [0.3, 0.4) is 0 Å². The van der Waals surface area contributed by atoms with Crippen molar-refractivity contribution in [2.75, 3.05) is 36.4 Å². The first kappa shape index (κ1) is 24.1. The van der Waals surface area contributed by atoms with E-state index in [1.54, 1.807) is 18.6 Å². The molecule has 10 heteroatoms. The van der Waals surface area contributed by atoms with E-state index in [0.717, 1.165) is 31.9 Å². The lowest BCUT2D eigenvalue weighted by atomic mass is 10.0. The zero-order chi connectivity index (χ0) is 25.4. The Morgan fingerprint density at radius 2 is 1.72 bits per heavy atom. The van der Waals surface area contributed by atoms with E-state index in [-0.39, 0.29) is 17.1 Å². The molecule has 188 valence electrons. The van der Waals surface area contributed by atoms with Gasteiger partial charge in [-0.15, -0.1) is 0 Å².